The quantitative estimate of drug-likeness (QED) is 0.894. The van der Waals surface area contributed by atoms with Gasteiger partial charge in [-0.05, 0) is 46.6 Å². The third kappa shape index (κ3) is 2.85. The molecule has 0 aliphatic rings. The van der Waals surface area contributed by atoms with Crippen molar-refractivity contribution in [1.82, 2.24) is 0 Å². The molecule has 2 N–H and O–H groups in total. The Kier molecular flexibility index (Phi) is 3.65. The molecule has 0 bridgehead atoms. The normalized spacial score (nSPS) is 11.4. The van der Waals surface area contributed by atoms with Gasteiger partial charge in [0, 0.05) is 6.07 Å². The van der Waals surface area contributed by atoms with E-state index in [0.29, 0.717) is 11.3 Å². The van der Waals surface area contributed by atoms with Crippen LogP contribution < -0.4 is 4.72 Å². The molecule has 0 aliphatic heterocycles. The van der Waals surface area contributed by atoms with Gasteiger partial charge in [-0.3, -0.25) is 4.72 Å². The molecule has 1 aromatic carbocycles. The molecule has 0 radical (unpaired) electrons. The Labute approximate surface area is 117 Å². The lowest BCUT2D eigenvalue weighted by Gasteiger charge is -2.07. The molecule has 18 heavy (non-hydrogen) atoms. The van der Waals surface area contributed by atoms with Crippen LogP contribution in [0.5, 0.6) is 5.75 Å². The summed E-state index contributed by atoms with van der Waals surface area (Å²) in [6.45, 7) is 1.74. The summed E-state index contributed by atoms with van der Waals surface area (Å²) in [4.78, 5) is 0. The van der Waals surface area contributed by atoms with Crippen LogP contribution in [0.1, 0.15) is 5.56 Å². The van der Waals surface area contributed by atoms with Crippen LogP contribution in [0, 0.1) is 6.92 Å². The van der Waals surface area contributed by atoms with Gasteiger partial charge in [-0.1, -0.05) is 6.07 Å². The first-order valence-corrected chi connectivity index (χ1v) is 8.05. The first-order chi connectivity index (χ1) is 8.38. The molecule has 4 nitrogen and oxygen atoms in total. The van der Waals surface area contributed by atoms with E-state index in [2.05, 4.69) is 20.7 Å². The molecular formula is C11H10BrNO3S2. The average Bonchev–Trinajstić information content (AvgIpc) is 2.71. The van der Waals surface area contributed by atoms with Crippen LogP contribution in [0.2, 0.25) is 0 Å². The fraction of sp³-hybridized carbons (Fsp3) is 0.0909. The molecule has 0 spiro atoms. The number of benzene rings is 1. The first kappa shape index (κ1) is 13.4. The summed E-state index contributed by atoms with van der Waals surface area (Å²) < 4.78 is 27.4. The highest BCUT2D eigenvalue weighted by Gasteiger charge is 2.16. The fourth-order valence-electron chi connectivity index (χ4n) is 1.32. The summed E-state index contributed by atoms with van der Waals surface area (Å²) in [6, 6.07) is 7.83. The van der Waals surface area contributed by atoms with Crippen LogP contribution in [0.25, 0.3) is 0 Å². The Hall–Kier alpha value is -1.05. The summed E-state index contributed by atoms with van der Waals surface area (Å²) in [5.74, 6) is 0.0579. The molecule has 96 valence electrons. The van der Waals surface area contributed by atoms with Gasteiger partial charge in [0.25, 0.3) is 10.0 Å². The summed E-state index contributed by atoms with van der Waals surface area (Å²) in [6.07, 6.45) is 0. The molecule has 0 saturated carbocycles. The minimum atomic E-state index is -3.59. The van der Waals surface area contributed by atoms with Crippen molar-refractivity contribution in [2.24, 2.45) is 0 Å². The molecule has 0 aliphatic carbocycles. The van der Waals surface area contributed by atoms with Crippen molar-refractivity contribution in [2.75, 3.05) is 4.72 Å². The third-order valence-electron chi connectivity index (χ3n) is 2.27. The highest BCUT2D eigenvalue weighted by atomic mass is 79.9. The average molecular weight is 348 g/mol. The van der Waals surface area contributed by atoms with Crippen molar-refractivity contribution in [2.45, 2.75) is 11.1 Å². The number of phenolic OH excluding ortho intramolecular Hbond substituents is 1. The monoisotopic (exact) mass is 347 g/mol. The molecule has 0 atom stereocenters. The topological polar surface area (TPSA) is 66.4 Å². The third-order valence-corrected chi connectivity index (χ3v) is 5.77. The smallest absolute Gasteiger partial charge is 0.271 e. The molecule has 0 amide bonds. The Morgan fingerprint density at radius 1 is 1.28 bits per heavy atom. The van der Waals surface area contributed by atoms with E-state index in [4.69, 9.17) is 0 Å². The maximum absolute atomic E-state index is 12.0. The van der Waals surface area contributed by atoms with Crippen molar-refractivity contribution >= 4 is 43.0 Å². The van der Waals surface area contributed by atoms with Crippen LogP contribution in [-0.2, 0) is 10.0 Å². The summed E-state index contributed by atoms with van der Waals surface area (Å²) in [7, 11) is -3.59. The van der Waals surface area contributed by atoms with Crippen LogP contribution in [0.4, 0.5) is 5.69 Å². The SMILES string of the molecule is Cc1ccc(NS(=O)(=O)c2ccc(Br)s2)cc1O. The number of nitrogens with one attached hydrogen (secondary N) is 1. The molecular weight excluding hydrogens is 338 g/mol. The summed E-state index contributed by atoms with van der Waals surface area (Å²) >= 11 is 4.34. The van der Waals surface area contributed by atoms with Gasteiger partial charge in [0.1, 0.15) is 9.96 Å². The van der Waals surface area contributed by atoms with E-state index in [0.717, 1.165) is 15.1 Å². The largest absolute Gasteiger partial charge is 0.508 e. The van der Waals surface area contributed by atoms with Gasteiger partial charge < -0.3 is 5.11 Å². The molecule has 7 heteroatoms. The van der Waals surface area contributed by atoms with E-state index in [-0.39, 0.29) is 9.96 Å². The van der Waals surface area contributed by atoms with E-state index >= 15 is 0 Å². The van der Waals surface area contributed by atoms with Gasteiger partial charge in [0.15, 0.2) is 0 Å². The maximum atomic E-state index is 12.0. The Balaban J connectivity index is 2.30. The van der Waals surface area contributed by atoms with Crippen LogP contribution in [0.3, 0.4) is 0 Å². The summed E-state index contributed by atoms with van der Waals surface area (Å²) in [5, 5.41) is 9.53. The van der Waals surface area contributed by atoms with Crippen LogP contribution >= 0.6 is 27.3 Å². The second-order valence-corrected chi connectivity index (χ2v) is 8.04. The number of rotatable bonds is 3. The maximum Gasteiger partial charge on any atom is 0.271 e. The van der Waals surface area contributed by atoms with Crippen LogP contribution in [-0.4, -0.2) is 13.5 Å². The number of aryl methyl sites for hydroxylation is 1. The Morgan fingerprint density at radius 3 is 2.56 bits per heavy atom. The van der Waals surface area contributed by atoms with Crippen molar-refractivity contribution in [3.63, 3.8) is 0 Å². The molecule has 0 fully saturated rings. The molecule has 1 heterocycles. The number of hydrogen-bond acceptors (Lipinski definition) is 4. The van der Waals surface area contributed by atoms with Gasteiger partial charge in [-0.2, -0.15) is 0 Å². The highest BCUT2D eigenvalue weighted by molar-refractivity contribution is 9.11. The van der Waals surface area contributed by atoms with E-state index in [1.54, 1.807) is 25.1 Å². The first-order valence-electron chi connectivity index (χ1n) is 4.96. The van der Waals surface area contributed by atoms with Gasteiger partial charge in [-0.15, -0.1) is 11.3 Å². The molecule has 1 aromatic heterocycles. The van der Waals surface area contributed by atoms with Crippen molar-refractivity contribution in [1.29, 1.82) is 0 Å². The minimum absolute atomic E-state index is 0.0579. The molecule has 0 unspecified atom stereocenters. The predicted octanol–water partition coefficient (Wildman–Crippen LogP) is 3.33. The molecule has 2 aromatic rings. The van der Waals surface area contributed by atoms with Crippen molar-refractivity contribution < 1.29 is 13.5 Å². The number of aromatic hydroxyl groups is 1. The minimum Gasteiger partial charge on any atom is -0.508 e. The van der Waals surface area contributed by atoms with Gasteiger partial charge >= 0.3 is 0 Å². The van der Waals surface area contributed by atoms with Gasteiger partial charge in [0.2, 0.25) is 0 Å². The number of phenols is 1. The second-order valence-electron chi connectivity index (χ2n) is 3.67. The zero-order valence-electron chi connectivity index (χ0n) is 9.34. The van der Waals surface area contributed by atoms with E-state index < -0.39 is 10.0 Å². The molecule has 0 saturated heterocycles. The highest BCUT2D eigenvalue weighted by Crippen LogP contribution is 2.28. The van der Waals surface area contributed by atoms with Gasteiger partial charge in [-0.25, -0.2) is 8.42 Å². The number of sulfonamides is 1. The van der Waals surface area contributed by atoms with E-state index in [1.807, 2.05) is 0 Å². The van der Waals surface area contributed by atoms with Gasteiger partial charge in [0.05, 0.1) is 9.47 Å². The molecule has 2 rings (SSSR count). The predicted molar refractivity (Wildman–Crippen MR) is 75.7 cm³/mol. The zero-order chi connectivity index (χ0) is 13.3. The van der Waals surface area contributed by atoms with Crippen molar-refractivity contribution in [3.8, 4) is 5.75 Å². The Bertz CT molecular complexity index is 679. The lowest BCUT2D eigenvalue weighted by Crippen LogP contribution is -2.11. The number of anilines is 1. The van der Waals surface area contributed by atoms with Crippen molar-refractivity contribution in [3.05, 3.63) is 39.7 Å². The van der Waals surface area contributed by atoms with Crippen LogP contribution in [0.15, 0.2) is 38.3 Å². The summed E-state index contributed by atoms with van der Waals surface area (Å²) in [5.41, 5.74) is 1.03. The standard InChI is InChI=1S/C11H10BrNO3S2/c1-7-2-3-8(6-9(7)14)13-18(15,16)11-5-4-10(12)17-11/h2-6,13-14H,1H3. The number of hydrogen-bond donors (Lipinski definition) is 2. The lowest BCUT2D eigenvalue weighted by atomic mass is 10.2. The zero-order valence-corrected chi connectivity index (χ0v) is 12.6. The number of halogens is 1. The lowest BCUT2D eigenvalue weighted by molar-refractivity contribution is 0.471. The van der Waals surface area contributed by atoms with E-state index in [1.165, 1.54) is 12.1 Å². The Morgan fingerprint density at radius 2 is 2.00 bits per heavy atom. The van der Waals surface area contributed by atoms with E-state index in [9.17, 15) is 13.5 Å². The number of thiophene rings is 1. The second kappa shape index (κ2) is 4.91. The fourth-order valence-corrected chi connectivity index (χ4v) is 4.38.